The summed E-state index contributed by atoms with van der Waals surface area (Å²) in [5.74, 6) is 0.730. The monoisotopic (exact) mass is 429 g/mol. The van der Waals surface area contributed by atoms with Crippen LogP contribution in [-0.2, 0) is 12.0 Å². The molecule has 0 spiro atoms. The first-order valence-electron chi connectivity index (χ1n) is 10.4. The number of amides is 1. The third-order valence-electron chi connectivity index (χ3n) is 4.68. The summed E-state index contributed by atoms with van der Waals surface area (Å²) in [6.45, 7) is 10.0. The van der Waals surface area contributed by atoms with Gasteiger partial charge >= 0.3 is 0 Å². The normalized spacial score (nSPS) is 12.1. The number of benzene rings is 1. The second-order valence-corrected chi connectivity index (χ2v) is 9.12. The van der Waals surface area contributed by atoms with E-state index in [4.69, 9.17) is 4.99 Å². The summed E-state index contributed by atoms with van der Waals surface area (Å²) in [4.78, 5) is 20.5. The molecule has 1 aromatic carbocycles. The van der Waals surface area contributed by atoms with Gasteiger partial charge in [-0.25, -0.2) is 4.99 Å². The van der Waals surface area contributed by atoms with E-state index < -0.39 is 0 Å². The predicted octanol–water partition coefficient (Wildman–Crippen LogP) is 3.07. The first-order chi connectivity index (χ1) is 14.3. The van der Waals surface area contributed by atoms with Gasteiger partial charge in [0.25, 0.3) is 5.91 Å². The van der Waals surface area contributed by atoms with Gasteiger partial charge in [-0.1, -0.05) is 32.0 Å². The van der Waals surface area contributed by atoms with Crippen molar-refractivity contribution < 1.29 is 4.79 Å². The van der Waals surface area contributed by atoms with Crippen LogP contribution in [0.4, 0.5) is 0 Å². The average Bonchev–Trinajstić information content (AvgIpc) is 3.26. The molecule has 0 bridgehead atoms. The maximum atomic E-state index is 12.4. The van der Waals surface area contributed by atoms with Crippen molar-refractivity contribution in [2.45, 2.75) is 32.7 Å². The fourth-order valence-corrected chi connectivity index (χ4v) is 3.73. The molecule has 6 nitrogen and oxygen atoms in total. The minimum Gasteiger partial charge on any atom is -0.357 e. The van der Waals surface area contributed by atoms with Crippen LogP contribution >= 0.6 is 11.3 Å². The summed E-state index contributed by atoms with van der Waals surface area (Å²) >= 11 is 1.78. The zero-order valence-electron chi connectivity index (χ0n) is 18.8. The molecule has 0 aliphatic carbocycles. The summed E-state index contributed by atoms with van der Waals surface area (Å²) in [6, 6.07) is 11.9. The third-order valence-corrected chi connectivity index (χ3v) is 5.92. The third kappa shape index (κ3) is 7.80. The SMILES string of the molecule is CCNC(=NCc1cccc(C(=O)NCCN(C)C)c1)NCC(C)(C)c1cccs1. The van der Waals surface area contributed by atoms with Gasteiger partial charge in [0.05, 0.1) is 6.54 Å². The van der Waals surface area contributed by atoms with Crippen molar-refractivity contribution in [3.05, 3.63) is 57.8 Å². The van der Waals surface area contributed by atoms with E-state index in [2.05, 4.69) is 54.2 Å². The van der Waals surface area contributed by atoms with Gasteiger partial charge in [-0.15, -0.1) is 11.3 Å². The molecule has 1 heterocycles. The number of likely N-dealkylation sites (N-methyl/N-ethyl adjacent to an activating group) is 1. The molecule has 2 rings (SSSR count). The quantitative estimate of drug-likeness (QED) is 0.401. The van der Waals surface area contributed by atoms with E-state index in [9.17, 15) is 4.79 Å². The number of thiophene rings is 1. The highest BCUT2D eigenvalue weighted by Crippen LogP contribution is 2.26. The Morgan fingerprint density at radius 1 is 1.13 bits per heavy atom. The molecule has 0 fully saturated rings. The Hall–Kier alpha value is -2.38. The van der Waals surface area contributed by atoms with Gasteiger partial charge < -0.3 is 20.9 Å². The van der Waals surface area contributed by atoms with Gasteiger partial charge in [0.2, 0.25) is 0 Å². The molecule has 164 valence electrons. The van der Waals surface area contributed by atoms with Crippen molar-refractivity contribution in [1.82, 2.24) is 20.9 Å². The molecule has 0 aliphatic rings. The minimum atomic E-state index is -0.0505. The second-order valence-electron chi connectivity index (χ2n) is 8.17. The second kappa shape index (κ2) is 11.7. The first kappa shape index (κ1) is 23.9. The van der Waals surface area contributed by atoms with E-state index in [1.165, 1.54) is 4.88 Å². The number of hydrogen-bond acceptors (Lipinski definition) is 4. The van der Waals surface area contributed by atoms with Crippen LogP contribution < -0.4 is 16.0 Å². The Kier molecular flexibility index (Phi) is 9.33. The molecule has 1 amide bonds. The van der Waals surface area contributed by atoms with Gasteiger partial charge in [-0.2, -0.15) is 0 Å². The number of hydrogen-bond donors (Lipinski definition) is 3. The zero-order valence-corrected chi connectivity index (χ0v) is 19.6. The van der Waals surface area contributed by atoms with Crippen molar-refractivity contribution in [2.75, 3.05) is 40.3 Å². The molecule has 30 heavy (non-hydrogen) atoms. The molecule has 1 aromatic heterocycles. The lowest BCUT2D eigenvalue weighted by Gasteiger charge is -2.25. The highest BCUT2D eigenvalue weighted by Gasteiger charge is 2.21. The van der Waals surface area contributed by atoms with E-state index in [1.54, 1.807) is 11.3 Å². The minimum absolute atomic E-state index is 0.0227. The van der Waals surface area contributed by atoms with Crippen molar-refractivity contribution in [1.29, 1.82) is 0 Å². The van der Waals surface area contributed by atoms with Gasteiger partial charge in [0, 0.05) is 42.0 Å². The molecular weight excluding hydrogens is 394 g/mol. The van der Waals surface area contributed by atoms with Crippen molar-refractivity contribution in [3.63, 3.8) is 0 Å². The summed E-state index contributed by atoms with van der Waals surface area (Å²) in [5, 5.41) is 11.8. The fraction of sp³-hybridized carbons (Fsp3) is 0.478. The number of nitrogens with zero attached hydrogens (tertiary/aromatic N) is 2. The van der Waals surface area contributed by atoms with Crippen LogP contribution in [0.1, 0.15) is 41.6 Å². The van der Waals surface area contributed by atoms with E-state index in [0.717, 1.165) is 31.2 Å². The lowest BCUT2D eigenvalue weighted by Crippen LogP contribution is -2.43. The maximum Gasteiger partial charge on any atom is 0.251 e. The van der Waals surface area contributed by atoms with E-state index in [-0.39, 0.29) is 11.3 Å². The summed E-state index contributed by atoms with van der Waals surface area (Å²) < 4.78 is 0. The Labute approximate surface area is 184 Å². The van der Waals surface area contributed by atoms with Crippen LogP contribution in [0.3, 0.4) is 0 Å². The number of rotatable bonds is 10. The Bertz CT molecular complexity index is 815. The predicted molar refractivity (Wildman–Crippen MR) is 127 cm³/mol. The smallest absolute Gasteiger partial charge is 0.251 e. The molecule has 0 saturated carbocycles. The lowest BCUT2D eigenvalue weighted by molar-refractivity contribution is 0.0951. The van der Waals surface area contributed by atoms with Crippen LogP contribution in [0.5, 0.6) is 0 Å². The highest BCUT2D eigenvalue weighted by molar-refractivity contribution is 7.10. The average molecular weight is 430 g/mol. The summed E-state index contributed by atoms with van der Waals surface area (Å²) in [7, 11) is 3.98. The largest absolute Gasteiger partial charge is 0.357 e. The molecule has 0 saturated heterocycles. The van der Waals surface area contributed by atoms with E-state index >= 15 is 0 Å². The van der Waals surface area contributed by atoms with E-state index in [0.29, 0.717) is 18.7 Å². The van der Waals surface area contributed by atoms with Crippen LogP contribution in [-0.4, -0.2) is 57.0 Å². The van der Waals surface area contributed by atoms with E-state index in [1.807, 2.05) is 43.3 Å². The molecule has 3 N–H and O–H groups in total. The number of nitrogens with one attached hydrogen (secondary N) is 3. The Morgan fingerprint density at radius 3 is 2.60 bits per heavy atom. The molecule has 0 radical (unpaired) electrons. The Morgan fingerprint density at radius 2 is 1.93 bits per heavy atom. The molecule has 0 aliphatic heterocycles. The van der Waals surface area contributed by atoms with Crippen LogP contribution in [0.25, 0.3) is 0 Å². The van der Waals surface area contributed by atoms with Gasteiger partial charge in [-0.3, -0.25) is 4.79 Å². The van der Waals surface area contributed by atoms with Crippen molar-refractivity contribution in [3.8, 4) is 0 Å². The lowest BCUT2D eigenvalue weighted by atomic mass is 9.91. The number of carbonyl (C=O) groups excluding carboxylic acids is 1. The van der Waals surface area contributed by atoms with Gasteiger partial charge in [-0.05, 0) is 50.2 Å². The molecule has 7 heteroatoms. The topological polar surface area (TPSA) is 68.8 Å². The van der Waals surface area contributed by atoms with Crippen molar-refractivity contribution >= 4 is 23.2 Å². The van der Waals surface area contributed by atoms with Crippen LogP contribution in [0.2, 0.25) is 0 Å². The fourth-order valence-electron chi connectivity index (χ4n) is 2.87. The summed E-state index contributed by atoms with van der Waals surface area (Å²) in [5.41, 5.74) is 1.69. The molecule has 0 unspecified atom stereocenters. The maximum absolute atomic E-state index is 12.4. The molecule has 0 atom stereocenters. The van der Waals surface area contributed by atoms with Gasteiger partial charge in [0.15, 0.2) is 5.96 Å². The number of guanidine groups is 1. The standard InChI is InChI=1S/C23H35N5OS/c1-6-24-22(27-17-23(2,3)20-11-8-14-30-20)26-16-18-9-7-10-19(15-18)21(29)25-12-13-28(4)5/h7-11,14-15H,6,12-13,16-17H2,1-5H3,(H,25,29)(H2,24,26,27). The zero-order chi connectivity index (χ0) is 22.0. The van der Waals surface area contributed by atoms with Crippen molar-refractivity contribution in [2.24, 2.45) is 4.99 Å². The van der Waals surface area contributed by atoms with Gasteiger partial charge in [0.1, 0.15) is 0 Å². The molecular formula is C23H35N5OS. The van der Waals surface area contributed by atoms with Crippen LogP contribution in [0, 0.1) is 0 Å². The number of carbonyl (C=O) groups is 1. The first-order valence-corrected chi connectivity index (χ1v) is 11.3. The molecule has 2 aromatic rings. The highest BCUT2D eigenvalue weighted by atomic mass is 32.1. The Balaban J connectivity index is 1.97. The summed E-state index contributed by atoms with van der Waals surface area (Å²) in [6.07, 6.45) is 0. The number of aliphatic imine (C=N–C) groups is 1. The van der Waals surface area contributed by atoms with Crippen LogP contribution in [0.15, 0.2) is 46.8 Å².